The molecule has 1 fully saturated rings. The number of aromatic nitrogens is 1. The van der Waals surface area contributed by atoms with E-state index in [0.717, 1.165) is 16.3 Å². The predicted octanol–water partition coefficient (Wildman–Crippen LogP) is 4.86. The standard InChI is InChI=1S/C14H12BrNS/c1-7-16-13-12-6-10(15)2-3-11(12)8-4-9(5-8)14(13)17-7/h2-3,6,8-9H,4-5H2,1H3. The third-order valence-corrected chi connectivity index (χ3v) is 5.61. The molecule has 1 aromatic carbocycles. The summed E-state index contributed by atoms with van der Waals surface area (Å²) in [5.41, 5.74) is 4.13. The number of aryl methyl sites for hydroxylation is 1. The van der Waals surface area contributed by atoms with Crippen molar-refractivity contribution in [3.8, 4) is 11.3 Å². The van der Waals surface area contributed by atoms with E-state index in [2.05, 4.69) is 41.1 Å². The second-order valence-electron chi connectivity index (χ2n) is 5.04. The van der Waals surface area contributed by atoms with Crippen molar-refractivity contribution in [3.63, 3.8) is 0 Å². The Kier molecular flexibility index (Phi) is 2.07. The minimum atomic E-state index is 0.768. The molecule has 0 radical (unpaired) electrons. The number of benzene rings is 1. The Balaban J connectivity index is 2.05. The molecule has 0 amide bonds. The van der Waals surface area contributed by atoms with E-state index in [1.54, 1.807) is 0 Å². The lowest BCUT2D eigenvalue weighted by atomic mass is 9.72. The molecule has 2 aromatic rings. The van der Waals surface area contributed by atoms with Gasteiger partial charge in [-0.15, -0.1) is 11.3 Å². The minimum Gasteiger partial charge on any atom is -0.241 e. The molecule has 86 valence electrons. The summed E-state index contributed by atoms with van der Waals surface area (Å²) in [6.45, 7) is 2.12. The van der Waals surface area contributed by atoms with Gasteiger partial charge in [0.05, 0.1) is 10.7 Å². The SMILES string of the molecule is Cc1nc2c(s1)C1CC(C1)c1ccc(Br)cc1-2. The van der Waals surface area contributed by atoms with Crippen molar-refractivity contribution in [1.29, 1.82) is 0 Å². The average molecular weight is 306 g/mol. The third-order valence-electron chi connectivity index (χ3n) is 3.98. The lowest BCUT2D eigenvalue weighted by Gasteiger charge is -2.33. The van der Waals surface area contributed by atoms with E-state index in [4.69, 9.17) is 4.98 Å². The molecule has 1 nitrogen and oxygen atoms in total. The van der Waals surface area contributed by atoms with Gasteiger partial charge in [-0.05, 0) is 49.3 Å². The van der Waals surface area contributed by atoms with Gasteiger partial charge in [0.1, 0.15) is 0 Å². The highest BCUT2D eigenvalue weighted by Crippen LogP contribution is 2.56. The normalized spacial score (nSPS) is 24.6. The zero-order chi connectivity index (χ0) is 11.6. The Morgan fingerprint density at radius 2 is 2.12 bits per heavy atom. The maximum absolute atomic E-state index is 4.77. The Hall–Kier alpha value is -0.670. The van der Waals surface area contributed by atoms with E-state index in [9.17, 15) is 0 Å². The Bertz CT molecular complexity index is 611. The smallest absolute Gasteiger partial charge is 0.0904 e. The van der Waals surface area contributed by atoms with Gasteiger partial charge in [-0.25, -0.2) is 4.98 Å². The fourth-order valence-corrected chi connectivity index (χ4v) is 4.52. The van der Waals surface area contributed by atoms with Gasteiger partial charge < -0.3 is 0 Å². The van der Waals surface area contributed by atoms with Crippen molar-refractivity contribution < 1.29 is 0 Å². The van der Waals surface area contributed by atoms with Gasteiger partial charge in [-0.1, -0.05) is 22.0 Å². The lowest BCUT2D eigenvalue weighted by Crippen LogP contribution is -2.17. The first-order valence-electron chi connectivity index (χ1n) is 5.99. The Morgan fingerprint density at radius 3 is 2.94 bits per heavy atom. The van der Waals surface area contributed by atoms with Crippen molar-refractivity contribution >= 4 is 27.3 Å². The fraction of sp³-hybridized carbons (Fsp3) is 0.357. The maximum Gasteiger partial charge on any atom is 0.0904 e. The second kappa shape index (κ2) is 3.42. The first-order valence-corrected chi connectivity index (χ1v) is 7.60. The molecule has 0 atom stereocenters. The molecule has 1 saturated carbocycles. The van der Waals surface area contributed by atoms with Gasteiger partial charge in [-0.3, -0.25) is 0 Å². The zero-order valence-corrected chi connectivity index (χ0v) is 11.9. The number of thiazole rings is 1. The first-order chi connectivity index (χ1) is 8.22. The summed E-state index contributed by atoms with van der Waals surface area (Å²) in [6.07, 6.45) is 2.65. The number of hydrogen-bond acceptors (Lipinski definition) is 2. The largest absolute Gasteiger partial charge is 0.241 e. The fourth-order valence-electron chi connectivity index (χ4n) is 3.09. The van der Waals surface area contributed by atoms with Gasteiger partial charge in [0.25, 0.3) is 0 Å². The molecule has 3 aliphatic rings. The molecule has 0 spiro atoms. The van der Waals surface area contributed by atoms with Crippen molar-refractivity contribution in [2.24, 2.45) is 0 Å². The van der Waals surface area contributed by atoms with Crippen LogP contribution in [0.25, 0.3) is 11.3 Å². The lowest BCUT2D eigenvalue weighted by molar-refractivity contribution is 0.361. The van der Waals surface area contributed by atoms with Gasteiger partial charge in [0, 0.05) is 14.9 Å². The summed E-state index contributed by atoms with van der Waals surface area (Å²) < 4.78 is 1.16. The third kappa shape index (κ3) is 1.39. The number of hydrogen-bond donors (Lipinski definition) is 0. The van der Waals surface area contributed by atoms with Crippen LogP contribution < -0.4 is 0 Å². The van der Waals surface area contributed by atoms with Crippen LogP contribution >= 0.6 is 27.3 Å². The van der Waals surface area contributed by atoms with Crippen LogP contribution in [0.1, 0.15) is 40.1 Å². The van der Waals surface area contributed by atoms with E-state index in [0.29, 0.717) is 0 Å². The second-order valence-corrected chi connectivity index (χ2v) is 7.19. The summed E-state index contributed by atoms with van der Waals surface area (Å²) >= 11 is 5.48. The highest BCUT2D eigenvalue weighted by molar-refractivity contribution is 9.10. The molecular weight excluding hydrogens is 294 g/mol. The van der Waals surface area contributed by atoms with Gasteiger partial charge >= 0.3 is 0 Å². The highest BCUT2D eigenvalue weighted by Gasteiger charge is 2.39. The van der Waals surface area contributed by atoms with Crippen LogP contribution in [-0.4, -0.2) is 4.98 Å². The van der Waals surface area contributed by atoms with Crippen LogP contribution in [0.15, 0.2) is 22.7 Å². The van der Waals surface area contributed by atoms with Crippen LogP contribution in [0.5, 0.6) is 0 Å². The van der Waals surface area contributed by atoms with Gasteiger partial charge in [-0.2, -0.15) is 0 Å². The Labute approximate surface area is 113 Å². The monoisotopic (exact) mass is 305 g/mol. The zero-order valence-electron chi connectivity index (χ0n) is 9.53. The van der Waals surface area contributed by atoms with Crippen molar-refractivity contribution in [1.82, 2.24) is 4.98 Å². The van der Waals surface area contributed by atoms with E-state index in [1.165, 1.54) is 39.5 Å². The van der Waals surface area contributed by atoms with Crippen LogP contribution in [-0.2, 0) is 0 Å². The van der Waals surface area contributed by atoms with Crippen LogP contribution in [0.4, 0.5) is 0 Å². The van der Waals surface area contributed by atoms with Crippen LogP contribution in [0, 0.1) is 6.92 Å². The van der Waals surface area contributed by atoms with Crippen molar-refractivity contribution in [2.45, 2.75) is 31.6 Å². The van der Waals surface area contributed by atoms with Gasteiger partial charge in [0.15, 0.2) is 0 Å². The molecule has 3 aliphatic carbocycles. The molecule has 1 heterocycles. The summed E-state index contributed by atoms with van der Waals surface area (Å²) in [6, 6.07) is 6.69. The highest BCUT2D eigenvalue weighted by atomic mass is 79.9. The topological polar surface area (TPSA) is 12.9 Å². The summed E-state index contributed by atoms with van der Waals surface area (Å²) in [4.78, 5) is 6.29. The van der Waals surface area contributed by atoms with Crippen molar-refractivity contribution in [3.05, 3.63) is 38.1 Å². The molecular formula is C14H12BrNS. The molecule has 0 unspecified atom stereocenters. The van der Waals surface area contributed by atoms with E-state index in [1.807, 2.05) is 11.3 Å². The van der Waals surface area contributed by atoms with E-state index in [-0.39, 0.29) is 0 Å². The van der Waals surface area contributed by atoms with Crippen LogP contribution in [0.3, 0.4) is 0 Å². The molecule has 3 heteroatoms. The summed E-state index contributed by atoms with van der Waals surface area (Å²) in [5.74, 6) is 1.54. The quantitative estimate of drug-likeness (QED) is 0.677. The average Bonchev–Trinajstić information content (AvgIpc) is 2.51. The molecule has 2 bridgehead atoms. The minimum absolute atomic E-state index is 0.768. The molecule has 0 aliphatic heterocycles. The predicted molar refractivity (Wildman–Crippen MR) is 74.7 cm³/mol. The number of nitrogens with zero attached hydrogens (tertiary/aromatic N) is 1. The maximum atomic E-state index is 4.77. The molecule has 17 heavy (non-hydrogen) atoms. The molecule has 5 rings (SSSR count). The summed E-state index contributed by atoms with van der Waals surface area (Å²) in [7, 11) is 0. The summed E-state index contributed by atoms with van der Waals surface area (Å²) in [5, 5.41) is 1.20. The number of halogens is 1. The van der Waals surface area contributed by atoms with Gasteiger partial charge in [0.2, 0.25) is 0 Å². The number of rotatable bonds is 0. The van der Waals surface area contributed by atoms with E-state index < -0.39 is 0 Å². The van der Waals surface area contributed by atoms with E-state index >= 15 is 0 Å². The molecule has 0 N–H and O–H groups in total. The molecule has 0 saturated heterocycles. The Morgan fingerprint density at radius 1 is 1.29 bits per heavy atom. The van der Waals surface area contributed by atoms with Crippen molar-refractivity contribution in [2.75, 3.05) is 0 Å². The first kappa shape index (κ1) is 10.3. The molecule has 1 aromatic heterocycles. The van der Waals surface area contributed by atoms with Crippen LogP contribution in [0.2, 0.25) is 0 Å².